The van der Waals surface area contributed by atoms with Gasteiger partial charge < -0.3 is 24.5 Å². The first-order valence-corrected chi connectivity index (χ1v) is 9.84. The third kappa shape index (κ3) is 3.16. The van der Waals surface area contributed by atoms with Crippen LogP contribution in [-0.2, 0) is 12.8 Å². The number of hydrogen-bond donors (Lipinski definition) is 2. The highest BCUT2D eigenvalue weighted by Crippen LogP contribution is 2.36. The number of methoxy groups -OCH3 is 2. The van der Waals surface area contributed by atoms with E-state index in [2.05, 4.69) is 5.32 Å². The molecule has 1 atom stereocenters. The van der Waals surface area contributed by atoms with Crippen LogP contribution < -0.4 is 20.3 Å². The van der Waals surface area contributed by atoms with E-state index in [4.69, 9.17) is 9.47 Å². The number of carbonyl (C=O) groups excluding carboxylic acids is 1. The van der Waals surface area contributed by atoms with Crippen molar-refractivity contribution in [2.45, 2.75) is 25.8 Å². The molecule has 3 aromatic rings. The molecule has 0 radical (unpaired) electrons. The van der Waals surface area contributed by atoms with E-state index in [0.29, 0.717) is 36.3 Å². The van der Waals surface area contributed by atoms with E-state index in [9.17, 15) is 14.7 Å². The van der Waals surface area contributed by atoms with Gasteiger partial charge in [-0.05, 0) is 49.1 Å². The first kappa shape index (κ1) is 19.8. The lowest BCUT2D eigenvalue weighted by Gasteiger charge is -2.14. The molecule has 1 aliphatic heterocycles. The SMILES string of the molecule is COc1ccc(CCNC(=O)c2c(O)c3cccc4c3n(c2=O)[C@@H](C)C4)cc1OC. The largest absolute Gasteiger partial charge is 0.506 e. The van der Waals surface area contributed by atoms with E-state index in [-0.39, 0.29) is 17.4 Å². The average molecular weight is 408 g/mol. The van der Waals surface area contributed by atoms with Crippen LogP contribution in [0.1, 0.15) is 34.5 Å². The van der Waals surface area contributed by atoms with Gasteiger partial charge in [0.25, 0.3) is 11.5 Å². The Morgan fingerprint density at radius 3 is 2.70 bits per heavy atom. The van der Waals surface area contributed by atoms with E-state index < -0.39 is 11.5 Å². The van der Waals surface area contributed by atoms with E-state index in [0.717, 1.165) is 16.6 Å². The normalized spacial score (nSPS) is 14.7. The molecule has 0 fully saturated rings. The summed E-state index contributed by atoms with van der Waals surface area (Å²) in [5, 5.41) is 14.0. The number of rotatable bonds is 6. The highest BCUT2D eigenvalue weighted by molar-refractivity contribution is 6.03. The number of nitrogens with zero attached hydrogens (tertiary/aromatic N) is 1. The van der Waals surface area contributed by atoms with Gasteiger partial charge in [0, 0.05) is 18.0 Å². The van der Waals surface area contributed by atoms with Gasteiger partial charge in [-0.2, -0.15) is 0 Å². The quantitative estimate of drug-likeness (QED) is 0.655. The predicted octanol–water partition coefficient (Wildman–Crippen LogP) is 2.81. The lowest BCUT2D eigenvalue weighted by molar-refractivity contribution is 0.0949. The minimum atomic E-state index is -0.576. The fourth-order valence-corrected chi connectivity index (χ4v) is 4.17. The maximum Gasteiger partial charge on any atom is 0.267 e. The minimum Gasteiger partial charge on any atom is -0.506 e. The first-order valence-electron chi connectivity index (χ1n) is 9.84. The van der Waals surface area contributed by atoms with Crippen molar-refractivity contribution in [1.82, 2.24) is 9.88 Å². The summed E-state index contributed by atoms with van der Waals surface area (Å²) >= 11 is 0. The van der Waals surface area contributed by atoms with Gasteiger partial charge in [0.05, 0.1) is 19.7 Å². The summed E-state index contributed by atoms with van der Waals surface area (Å²) in [4.78, 5) is 25.8. The number of amides is 1. The summed E-state index contributed by atoms with van der Waals surface area (Å²) in [6.45, 7) is 2.25. The Labute approximate surface area is 173 Å². The molecule has 0 saturated heterocycles. The van der Waals surface area contributed by atoms with Gasteiger partial charge >= 0.3 is 0 Å². The maximum absolute atomic E-state index is 13.0. The fraction of sp³-hybridized carbons (Fsp3) is 0.304. The molecule has 0 unspecified atom stereocenters. The number of carbonyl (C=O) groups is 1. The van der Waals surface area contributed by atoms with Crippen molar-refractivity contribution >= 4 is 16.8 Å². The zero-order valence-corrected chi connectivity index (χ0v) is 17.2. The molecule has 4 rings (SSSR count). The summed E-state index contributed by atoms with van der Waals surface area (Å²) in [5.74, 6) is 0.407. The molecule has 0 aliphatic carbocycles. The topological polar surface area (TPSA) is 89.8 Å². The summed E-state index contributed by atoms with van der Waals surface area (Å²) in [7, 11) is 3.14. The summed E-state index contributed by atoms with van der Waals surface area (Å²) in [5.41, 5.74) is 2.01. The average Bonchev–Trinajstić information content (AvgIpc) is 3.08. The molecule has 1 aromatic heterocycles. The van der Waals surface area contributed by atoms with Crippen molar-refractivity contribution < 1.29 is 19.4 Å². The van der Waals surface area contributed by atoms with Crippen LogP contribution in [0.15, 0.2) is 41.2 Å². The number of pyridine rings is 1. The lowest BCUT2D eigenvalue weighted by atomic mass is 10.1. The molecule has 0 bridgehead atoms. The molecular formula is C23H24N2O5. The Morgan fingerprint density at radius 2 is 1.97 bits per heavy atom. The summed E-state index contributed by atoms with van der Waals surface area (Å²) in [6.07, 6.45) is 1.24. The third-order valence-corrected chi connectivity index (χ3v) is 5.62. The van der Waals surface area contributed by atoms with Crippen molar-refractivity contribution in [1.29, 1.82) is 0 Å². The van der Waals surface area contributed by atoms with Crippen LogP contribution in [0.3, 0.4) is 0 Å². The lowest BCUT2D eigenvalue weighted by Crippen LogP contribution is -2.34. The number of ether oxygens (including phenoxy) is 2. The molecule has 2 N–H and O–H groups in total. The number of nitrogens with one attached hydrogen (secondary N) is 1. The second-order valence-corrected chi connectivity index (χ2v) is 7.46. The van der Waals surface area contributed by atoms with Gasteiger partial charge in [0.2, 0.25) is 0 Å². The Balaban J connectivity index is 1.57. The molecule has 0 spiro atoms. The van der Waals surface area contributed by atoms with Crippen molar-refractivity contribution in [3.8, 4) is 17.2 Å². The molecule has 2 heterocycles. The van der Waals surface area contributed by atoms with E-state index in [1.165, 1.54) is 0 Å². The zero-order chi connectivity index (χ0) is 21.4. The Hall–Kier alpha value is -3.48. The second-order valence-electron chi connectivity index (χ2n) is 7.46. The van der Waals surface area contributed by atoms with Crippen molar-refractivity contribution in [3.63, 3.8) is 0 Å². The van der Waals surface area contributed by atoms with Crippen molar-refractivity contribution in [2.75, 3.05) is 20.8 Å². The third-order valence-electron chi connectivity index (χ3n) is 5.62. The molecule has 2 aromatic carbocycles. The van der Waals surface area contributed by atoms with Gasteiger partial charge in [-0.15, -0.1) is 0 Å². The van der Waals surface area contributed by atoms with Gasteiger partial charge in [-0.3, -0.25) is 9.59 Å². The fourth-order valence-electron chi connectivity index (χ4n) is 4.17. The van der Waals surface area contributed by atoms with E-state index in [1.54, 1.807) is 30.9 Å². The van der Waals surface area contributed by atoms with Crippen molar-refractivity contribution in [2.24, 2.45) is 0 Å². The van der Waals surface area contributed by atoms with Crippen molar-refractivity contribution in [3.05, 3.63) is 63.4 Å². The molecule has 156 valence electrons. The smallest absolute Gasteiger partial charge is 0.267 e. The molecule has 7 heteroatoms. The molecule has 30 heavy (non-hydrogen) atoms. The Bertz CT molecular complexity index is 1200. The molecular weight excluding hydrogens is 384 g/mol. The number of para-hydroxylation sites is 1. The highest BCUT2D eigenvalue weighted by atomic mass is 16.5. The monoisotopic (exact) mass is 408 g/mol. The van der Waals surface area contributed by atoms with Gasteiger partial charge in [0.1, 0.15) is 11.3 Å². The molecule has 1 aliphatic rings. The molecule has 7 nitrogen and oxygen atoms in total. The second kappa shape index (κ2) is 7.74. The summed E-state index contributed by atoms with van der Waals surface area (Å²) in [6, 6.07) is 11.0. The van der Waals surface area contributed by atoms with Gasteiger partial charge in [-0.25, -0.2) is 0 Å². The molecule has 1 amide bonds. The number of aromatic nitrogens is 1. The van der Waals surface area contributed by atoms with Crippen LogP contribution >= 0.6 is 0 Å². The Morgan fingerprint density at radius 1 is 1.20 bits per heavy atom. The Kier molecular flexibility index (Phi) is 5.11. The summed E-state index contributed by atoms with van der Waals surface area (Å²) < 4.78 is 12.1. The maximum atomic E-state index is 13.0. The number of benzene rings is 2. The standard InChI is InChI=1S/C23H24N2O5/c1-13-11-15-5-4-6-16-20(15)25(13)23(28)19(21(16)26)22(27)24-10-9-14-7-8-17(29-2)18(12-14)30-3/h4-8,12-13,26H,9-11H2,1-3H3,(H,24,27)/t13-/m0/s1. The first-order chi connectivity index (χ1) is 14.5. The zero-order valence-electron chi connectivity index (χ0n) is 17.2. The van der Waals surface area contributed by atoms with Crippen LogP contribution in [0.5, 0.6) is 17.2 Å². The van der Waals surface area contributed by atoms with E-state index >= 15 is 0 Å². The molecule has 0 saturated carbocycles. The van der Waals surface area contributed by atoms with Crippen LogP contribution in [0.4, 0.5) is 0 Å². The van der Waals surface area contributed by atoms with Crippen LogP contribution in [0.2, 0.25) is 0 Å². The highest BCUT2D eigenvalue weighted by Gasteiger charge is 2.29. The number of aromatic hydroxyl groups is 1. The minimum absolute atomic E-state index is 0.0590. The van der Waals surface area contributed by atoms with E-state index in [1.807, 2.05) is 31.2 Å². The van der Waals surface area contributed by atoms with Gasteiger partial charge in [-0.1, -0.05) is 18.2 Å². The van der Waals surface area contributed by atoms with Crippen LogP contribution in [0.25, 0.3) is 10.9 Å². The predicted molar refractivity (Wildman–Crippen MR) is 114 cm³/mol. The van der Waals surface area contributed by atoms with Crippen LogP contribution in [-0.4, -0.2) is 36.3 Å². The van der Waals surface area contributed by atoms with Gasteiger partial charge in [0.15, 0.2) is 11.5 Å². The van der Waals surface area contributed by atoms with Crippen LogP contribution in [0, 0.1) is 0 Å². The number of hydrogen-bond acceptors (Lipinski definition) is 5.